The molecule has 3 rings (SSSR count). The lowest BCUT2D eigenvalue weighted by molar-refractivity contribution is -0.148. The third-order valence-corrected chi connectivity index (χ3v) is 5.84. The number of amides is 2. The van der Waals surface area contributed by atoms with Gasteiger partial charge in [-0.25, -0.2) is 9.18 Å². The molecule has 1 aromatic heterocycles. The van der Waals surface area contributed by atoms with Gasteiger partial charge in [-0.05, 0) is 68.4 Å². The standard InChI is InChI=1S/C20H18ClFN2O4S/c1-10-7-13(11(2)23(10)14-5-6-16(22)15(21)9-14)8-17-18(25)24(20(27)29-17)12(3)19(26)28-4/h5-9,12H,1-4H3/b17-8+/t12-/m0/s1. The predicted octanol–water partition coefficient (Wildman–Crippen LogP) is 4.48. The zero-order valence-corrected chi connectivity index (χ0v) is 17.7. The number of imide groups is 1. The van der Waals surface area contributed by atoms with Crippen LogP contribution in [0, 0.1) is 19.7 Å². The Labute approximate surface area is 176 Å². The molecule has 2 aromatic rings. The first-order valence-electron chi connectivity index (χ1n) is 8.65. The van der Waals surface area contributed by atoms with E-state index in [0.717, 1.165) is 33.6 Å². The van der Waals surface area contributed by atoms with Gasteiger partial charge in [-0.2, -0.15) is 0 Å². The number of carbonyl (C=O) groups is 3. The summed E-state index contributed by atoms with van der Waals surface area (Å²) in [6, 6.07) is 5.26. The highest BCUT2D eigenvalue weighted by molar-refractivity contribution is 8.18. The van der Waals surface area contributed by atoms with Crippen LogP contribution < -0.4 is 0 Å². The molecule has 2 amide bonds. The number of nitrogens with zero attached hydrogens (tertiary/aromatic N) is 2. The molecule has 9 heteroatoms. The molecule has 0 spiro atoms. The zero-order valence-electron chi connectivity index (χ0n) is 16.2. The minimum absolute atomic E-state index is 0.00877. The highest BCUT2D eigenvalue weighted by Crippen LogP contribution is 2.35. The van der Waals surface area contributed by atoms with Crippen LogP contribution in [0.4, 0.5) is 9.18 Å². The van der Waals surface area contributed by atoms with E-state index >= 15 is 0 Å². The lowest BCUT2D eigenvalue weighted by Gasteiger charge is -2.18. The smallest absolute Gasteiger partial charge is 0.328 e. The normalized spacial score (nSPS) is 16.6. The van der Waals surface area contributed by atoms with Gasteiger partial charge in [-0.1, -0.05) is 11.6 Å². The number of hydrogen-bond acceptors (Lipinski definition) is 5. The highest BCUT2D eigenvalue weighted by Gasteiger charge is 2.41. The lowest BCUT2D eigenvalue weighted by Crippen LogP contribution is -2.42. The van der Waals surface area contributed by atoms with Gasteiger partial charge in [-0.3, -0.25) is 14.5 Å². The van der Waals surface area contributed by atoms with Crippen molar-refractivity contribution in [3.05, 3.63) is 57.0 Å². The second-order valence-electron chi connectivity index (χ2n) is 6.51. The Morgan fingerprint density at radius 2 is 1.97 bits per heavy atom. The number of halogens is 2. The van der Waals surface area contributed by atoms with Gasteiger partial charge >= 0.3 is 5.97 Å². The van der Waals surface area contributed by atoms with Crippen molar-refractivity contribution in [1.29, 1.82) is 0 Å². The summed E-state index contributed by atoms with van der Waals surface area (Å²) in [6.45, 7) is 5.15. The van der Waals surface area contributed by atoms with Crippen LogP contribution >= 0.6 is 23.4 Å². The first kappa shape index (κ1) is 21.1. The summed E-state index contributed by atoms with van der Waals surface area (Å²) in [4.78, 5) is 37.8. The zero-order chi connectivity index (χ0) is 21.5. The molecule has 1 aliphatic rings. The summed E-state index contributed by atoms with van der Waals surface area (Å²) in [5.74, 6) is -1.72. The number of aryl methyl sites for hydroxylation is 1. The molecule has 0 saturated carbocycles. The van der Waals surface area contributed by atoms with Crippen LogP contribution in [0.15, 0.2) is 29.2 Å². The number of esters is 1. The Kier molecular flexibility index (Phi) is 5.86. The topological polar surface area (TPSA) is 68.6 Å². The number of carbonyl (C=O) groups excluding carboxylic acids is 3. The molecule has 1 fully saturated rings. The van der Waals surface area contributed by atoms with Crippen molar-refractivity contribution in [3.63, 3.8) is 0 Å². The molecule has 0 radical (unpaired) electrons. The number of benzene rings is 1. The average Bonchev–Trinajstić information content (AvgIpc) is 3.11. The molecule has 0 bridgehead atoms. The van der Waals surface area contributed by atoms with Gasteiger partial charge in [0.15, 0.2) is 0 Å². The maximum Gasteiger partial charge on any atom is 0.328 e. The average molecular weight is 437 g/mol. The Hall–Kier alpha value is -2.58. The number of rotatable bonds is 4. The van der Waals surface area contributed by atoms with Crippen molar-refractivity contribution in [2.75, 3.05) is 7.11 Å². The second-order valence-corrected chi connectivity index (χ2v) is 7.91. The van der Waals surface area contributed by atoms with E-state index in [0.29, 0.717) is 5.69 Å². The van der Waals surface area contributed by atoms with Gasteiger partial charge in [0.1, 0.15) is 11.9 Å². The van der Waals surface area contributed by atoms with E-state index in [9.17, 15) is 18.8 Å². The van der Waals surface area contributed by atoms with Crippen LogP contribution in [0.2, 0.25) is 5.02 Å². The molecule has 152 valence electrons. The number of thioether (sulfide) groups is 1. The third kappa shape index (κ3) is 3.82. The molecule has 0 unspecified atom stereocenters. The molecule has 2 heterocycles. The number of methoxy groups -OCH3 is 1. The summed E-state index contributed by atoms with van der Waals surface area (Å²) in [7, 11) is 1.20. The van der Waals surface area contributed by atoms with Gasteiger partial charge in [-0.15, -0.1) is 0 Å². The quantitative estimate of drug-likeness (QED) is 0.522. The first-order valence-corrected chi connectivity index (χ1v) is 9.84. The molecule has 1 saturated heterocycles. The van der Waals surface area contributed by atoms with E-state index in [4.69, 9.17) is 11.6 Å². The summed E-state index contributed by atoms with van der Waals surface area (Å²) < 4.78 is 20.0. The van der Waals surface area contributed by atoms with Crippen molar-refractivity contribution < 1.29 is 23.5 Å². The molecule has 0 aliphatic carbocycles. The summed E-state index contributed by atoms with van der Waals surface area (Å²) in [5.41, 5.74) is 3.04. The molecule has 1 atom stereocenters. The molecule has 1 aliphatic heterocycles. The van der Waals surface area contributed by atoms with E-state index in [-0.39, 0.29) is 9.93 Å². The van der Waals surface area contributed by atoms with E-state index in [2.05, 4.69) is 4.74 Å². The van der Waals surface area contributed by atoms with E-state index in [1.54, 1.807) is 12.1 Å². The molecular formula is C20H18ClFN2O4S. The van der Waals surface area contributed by atoms with Crippen LogP contribution in [-0.2, 0) is 14.3 Å². The maximum atomic E-state index is 13.5. The fourth-order valence-corrected chi connectivity index (χ4v) is 4.26. The van der Waals surface area contributed by atoms with Crippen molar-refractivity contribution in [3.8, 4) is 5.69 Å². The predicted molar refractivity (Wildman–Crippen MR) is 109 cm³/mol. The van der Waals surface area contributed by atoms with Crippen LogP contribution in [-0.4, -0.2) is 39.7 Å². The second kappa shape index (κ2) is 8.04. The Morgan fingerprint density at radius 3 is 2.59 bits per heavy atom. The van der Waals surface area contributed by atoms with Crippen molar-refractivity contribution in [2.45, 2.75) is 26.8 Å². The van der Waals surface area contributed by atoms with E-state index in [1.165, 1.54) is 26.2 Å². The fourth-order valence-electron chi connectivity index (χ4n) is 3.19. The Morgan fingerprint density at radius 1 is 1.28 bits per heavy atom. The lowest BCUT2D eigenvalue weighted by atomic mass is 10.2. The SMILES string of the molecule is COC(=O)[C@H](C)N1C(=O)S/C(=C/c2cc(C)n(-c3ccc(F)c(Cl)c3)c2C)C1=O. The van der Waals surface area contributed by atoms with Gasteiger partial charge in [0.25, 0.3) is 11.1 Å². The van der Waals surface area contributed by atoms with E-state index < -0.39 is 29.0 Å². The van der Waals surface area contributed by atoms with Gasteiger partial charge < -0.3 is 9.30 Å². The molecule has 29 heavy (non-hydrogen) atoms. The van der Waals surface area contributed by atoms with Crippen molar-refractivity contribution in [1.82, 2.24) is 9.47 Å². The van der Waals surface area contributed by atoms with Crippen molar-refractivity contribution in [2.24, 2.45) is 0 Å². The molecule has 0 N–H and O–H groups in total. The van der Waals surface area contributed by atoms with Crippen molar-refractivity contribution >= 4 is 46.6 Å². The van der Waals surface area contributed by atoms with Crippen LogP contribution in [0.5, 0.6) is 0 Å². The van der Waals surface area contributed by atoms with Crippen LogP contribution in [0.1, 0.15) is 23.9 Å². The summed E-state index contributed by atoms with van der Waals surface area (Å²) in [5, 5.41) is -0.521. The van der Waals surface area contributed by atoms with Gasteiger partial charge in [0.05, 0.1) is 17.0 Å². The van der Waals surface area contributed by atoms with Crippen LogP contribution in [0.3, 0.4) is 0 Å². The third-order valence-electron chi connectivity index (χ3n) is 4.67. The molecule has 1 aromatic carbocycles. The summed E-state index contributed by atoms with van der Waals surface area (Å²) >= 11 is 6.67. The Bertz CT molecular complexity index is 1060. The van der Waals surface area contributed by atoms with Gasteiger partial charge in [0, 0.05) is 17.1 Å². The van der Waals surface area contributed by atoms with Crippen LogP contribution in [0.25, 0.3) is 11.8 Å². The maximum absolute atomic E-state index is 13.5. The highest BCUT2D eigenvalue weighted by atomic mass is 35.5. The van der Waals surface area contributed by atoms with Gasteiger partial charge in [0.2, 0.25) is 0 Å². The monoisotopic (exact) mass is 436 g/mol. The minimum atomic E-state index is -1.01. The number of ether oxygens (including phenoxy) is 1. The first-order chi connectivity index (χ1) is 13.6. The minimum Gasteiger partial charge on any atom is -0.467 e. The molecular weight excluding hydrogens is 419 g/mol. The van der Waals surface area contributed by atoms with E-state index in [1.807, 2.05) is 24.5 Å². The largest absolute Gasteiger partial charge is 0.467 e. The Balaban J connectivity index is 1.98. The number of hydrogen-bond donors (Lipinski definition) is 0. The summed E-state index contributed by atoms with van der Waals surface area (Å²) in [6.07, 6.45) is 1.61. The molecule has 6 nitrogen and oxygen atoms in total. The number of aromatic nitrogens is 1. The fraction of sp³-hybridized carbons (Fsp3) is 0.250.